The molecule has 21 heavy (non-hydrogen) atoms. The molecule has 0 amide bonds. The van der Waals surface area contributed by atoms with Gasteiger partial charge in [0.25, 0.3) is 0 Å². The van der Waals surface area contributed by atoms with Gasteiger partial charge in [-0.3, -0.25) is 0 Å². The molecule has 0 radical (unpaired) electrons. The molecule has 0 aliphatic rings. The number of pyridine rings is 1. The third kappa shape index (κ3) is 3.26. The third-order valence-electron chi connectivity index (χ3n) is 3.39. The quantitative estimate of drug-likeness (QED) is 0.562. The van der Waals surface area contributed by atoms with E-state index in [0.717, 1.165) is 35.2 Å². The SMILES string of the molecule is Nc1ccc(CCNc2cc(Cl)nc3ccccc23)cc1. The molecule has 2 aromatic carbocycles. The molecular formula is C17H16ClN3. The van der Waals surface area contributed by atoms with E-state index in [-0.39, 0.29) is 0 Å². The van der Waals surface area contributed by atoms with Crippen molar-refractivity contribution in [3.8, 4) is 0 Å². The highest BCUT2D eigenvalue weighted by Crippen LogP contribution is 2.25. The first-order chi connectivity index (χ1) is 10.2. The molecular weight excluding hydrogens is 282 g/mol. The molecule has 0 unspecified atom stereocenters. The van der Waals surface area contributed by atoms with Gasteiger partial charge in [-0.05, 0) is 36.2 Å². The predicted octanol–water partition coefficient (Wildman–Crippen LogP) is 4.13. The van der Waals surface area contributed by atoms with Crippen LogP contribution < -0.4 is 11.1 Å². The second-order valence-electron chi connectivity index (χ2n) is 4.93. The first-order valence-corrected chi connectivity index (χ1v) is 7.24. The molecule has 3 aromatic rings. The van der Waals surface area contributed by atoms with Crippen molar-refractivity contribution in [2.75, 3.05) is 17.6 Å². The maximum absolute atomic E-state index is 6.07. The van der Waals surface area contributed by atoms with Gasteiger partial charge in [-0.25, -0.2) is 4.98 Å². The number of fused-ring (bicyclic) bond motifs is 1. The topological polar surface area (TPSA) is 50.9 Å². The number of halogens is 1. The highest BCUT2D eigenvalue weighted by atomic mass is 35.5. The molecule has 0 bridgehead atoms. The number of nitrogen functional groups attached to an aromatic ring is 1. The fourth-order valence-corrected chi connectivity index (χ4v) is 2.52. The number of aromatic nitrogens is 1. The Kier molecular flexibility index (Phi) is 3.93. The lowest BCUT2D eigenvalue weighted by molar-refractivity contribution is 1.02. The van der Waals surface area contributed by atoms with E-state index in [1.54, 1.807) is 0 Å². The van der Waals surface area contributed by atoms with E-state index in [2.05, 4.69) is 22.4 Å². The van der Waals surface area contributed by atoms with Gasteiger partial charge < -0.3 is 11.1 Å². The molecule has 0 saturated carbocycles. The van der Waals surface area contributed by atoms with E-state index in [9.17, 15) is 0 Å². The normalized spacial score (nSPS) is 10.7. The summed E-state index contributed by atoms with van der Waals surface area (Å²) in [6.07, 6.45) is 0.925. The Bertz CT molecular complexity index is 754. The molecule has 3 rings (SSSR count). The number of nitrogens with zero attached hydrogens (tertiary/aromatic N) is 1. The van der Waals surface area contributed by atoms with Crippen LogP contribution >= 0.6 is 11.6 Å². The van der Waals surface area contributed by atoms with Crippen LogP contribution in [0, 0.1) is 0 Å². The highest BCUT2D eigenvalue weighted by Gasteiger charge is 2.04. The summed E-state index contributed by atoms with van der Waals surface area (Å²) >= 11 is 6.07. The van der Waals surface area contributed by atoms with Gasteiger partial charge in [-0.2, -0.15) is 0 Å². The van der Waals surface area contributed by atoms with Crippen molar-refractivity contribution in [3.05, 3.63) is 65.3 Å². The van der Waals surface area contributed by atoms with Crippen LogP contribution in [0.1, 0.15) is 5.56 Å². The maximum Gasteiger partial charge on any atom is 0.131 e. The summed E-state index contributed by atoms with van der Waals surface area (Å²) in [6, 6.07) is 17.8. The smallest absolute Gasteiger partial charge is 0.131 e. The Labute approximate surface area is 128 Å². The zero-order valence-electron chi connectivity index (χ0n) is 11.5. The second kappa shape index (κ2) is 6.02. The van der Waals surface area contributed by atoms with Gasteiger partial charge in [0.15, 0.2) is 0 Å². The number of hydrogen-bond acceptors (Lipinski definition) is 3. The van der Waals surface area contributed by atoms with Gasteiger partial charge in [0.2, 0.25) is 0 Å². The van der Waals surface area contributed by atoms with Crippen molar-refractivity contribution in [1.82, 2.24) is 4.98 Å². The molecule has 4 heteroatoms. The van der Waals surface area contributed by atoms with Crippen molar-refractivity contribution in [2.45, 2.75) is 6.42 Å². The summed E-state index contributed by atoms with van der Waals surface area (Å²) in [7, 11) is 0. The minimum absolute atomic E-state index is 0.503. The molecule has 0 aliphatic carbocycles. The summed E-state index contributed by atoms with van der Waals surface area (Å²) in [5.74, 6) is 0. The molecule has 3 nitrogen and oxygen atoms in total. The largest absolute Gasteiger partial charge is 0.399 e. The highest BCUT2D eigenvalue weighted by molar-refractivity contribution is 6.30. The van der Waals surface area contributed by atoms with Crippen LogP contribution in [0.5, 0.6) is 0 Å². The van der Waals surface area contributed by atoms with Crippen LogP contribution in [0.25, 0.3) is 10.9 Å². The molecule has 106 valence electrons. The van der Waals surface area contributed by atoms with Crippen LogP contribution in [0.2, 0.25) is 5.15 Å². The van der Waals surface area contributed by atoms with Gasteiger partial charge in [-0.1, -0.05) is 41.9 Å². The zero-order chi connectivity index (χ0) is 14.7. The number of nitrogens with two attached hydrogens (primary N) is 1. The first-order valence-electron chi connectivity index (χ1n) is 6.86. The Morgan fingerprint density at radius 1 is 1.05 bits per heavy atom. The second-order valence-corrected chi connectivity index (χ2v) is 5.32. The first kappa shape index (κ1) is 13.7. The molecule has 1 heterocycles. The lowest BCUT2D eigenvalue weighted by atomic mass is 10.1. The minimum atomic E-state index is 0.503. The summed E-state index contributed by atoms with van der Waals surface area (Å²) in [4.78, 5) is 4.32. The lowest BCUT2D eigenvalue weighted by Crippen LogP contribution is -2.05. The average Bonchev–Trinajstić information content (AvgIpc) is 2.49. The van der Waals surface area contributed by atoms with Crippen molar-refractivity contribution in [3.63, 3.8) is 0 Å². The van der Waals surface area contributed by atoms with Crippen LogP contribution in [0.3, 0.4) is 0 Å². The Morgan fingerprint density at radius 2 is 1.81 bits per heavy atom. The van der Waals surface area contributed by atoms with Gasteiger partial charge in [0.1, 0.15) is 5.15 Å². The van der Waals surface area contributed by atoms with Crippen LogP contribution in [-0.4, -0.2) is 11.5 Å². The number of anilines is 2. The zero-order valence-corrected chi connectivity index (χ0v) is 12.3. The third-order valence-corrected chi connectivity index (χ3v) is 3.59. The van der Waals surface area contributed by atoms with Crippen molar-refractivity contribution >= 4 is 33.9 Å². The van der Waals surface area contributed by atoms with Crippen LogP contribution in [0.4, 0.5) is 11.4 Å². The standard InChI is InChI=1S/C17H16ClN3/c18-17-11-16(14-3-1-2-4-15(14)21-17)20-10-9-12-5-7-13(19)8-6-12/h1-8,11H,9-10,19H2,(H,20,21). The summed E-state index contributed by atoms with van der Waals surface area (Å²) in [5, 5.41) is 5.02. The molecule has 0 fully saturated rings. The van der Waals surface area contributed by atoms with Crippen LogP contribution in [-0.2, 0) is 6.42 Å². The fourth-order valence-electron chi connectivity index (χ4n) is 2.32. The summed E-state index contributed by atoms with van der Waals surface area (Å²) in [5.41, 5.74) is 9.65. The van der Waals surface area contributed by atoms with E-state index in [0.29, 0.717) is 5.15 Å². The Hall–Kier alpha value is -2.26. The number of benzene rings is 2. The molecule has 0 aliphatic heterocycles. The Morgan fingerprint density at radius 3 is 2.62 bits per heavy atom. The van der Waals surface area contributed by atoms with Crippen LogP contribution in [0.15, 0.2) is 54.6 Å². The Balaban J connectivity index is 1.74. The number of rotatable bonds is 4. The van der Waals surface area contributed by atoms with Gasteiger partial charge in [0, 0.05) is 23.3 Å². The van der Waals surface area contributed by atoms with Gasteiger partial charge in [-0.15, -0.1) is 0 Å². The number of nitrogens with one attached hydrogen (secondary N) is 1. The molecule has 0 atom stereocenters. The monoisotopic (exact) mass is 297 g/mol. The average molecular weight is 298 g/mol. The van der Waals surface area contributed by atoms with E-state index in [1.165, 1.54) is 5.56 Å². The van der Waals surface area contributed by atoms with E-state index in [4.69, 9.17) is 17.3 Å². The number of hydrogen-bond donors (Lipinski definition) is 2. The van der Waals surface area contributed by atoms with Crippen molar-refractivity contribution in [2.24, 2.45) is 0 Å². The van der Waals surface area contributed by atoms with Crippen molar-refractivity contribution in [1.29, 1.82) is 0 Å². The maximum atomic E-state index is 6.07. The number of para-hydroxylation sites is 1. The summed E-state index contributed by atoms with van der Waals surface area (Å²) < 4.78 is 0. The summed E-state index contributed by atoms with van der Waals surface area (Å²) in [6.45, 7) is 0.828. The van der Waals surface area contributed by atoms with Gasteiger partial charge >= 0.3 is 0 Å². The lowest BCUT2D eigenvalue weighted by Gasteiger charge is -2.10. The van der Waals surface area contributed by atoms with E-state index in [1.807, 2.05) is 42.5 Å². The fraction of sp³-hybridized carbons (Fsp3) is 0.118. The predicted molar refractivity (Wildman–Crippen MR) is 89.8 cm³/mol. The minimum Gasteiger partial charge on any atom is -0.399 e. The van der Waals surface area contributed by atoms with Gasteiger partial charge in [0.05, 0.1) is 5.52 Å². The molecule has 3 N–H and O–H groups in total. The molecule has 0 saturated heterocycles. The van der Waals surface area contributed by atoms with E-state index >= 15 is 0 Å². The molecule has 0 spiro atoms. The van der Waals surface area contributed by atoms with E-state index < -0.39 is 0 Å². The molecule has 1 aromatic heterocycles. The van der Waals surface area contributed by atoms with Crippen molar-refractivity contribution < 1.29 is 0 Å².